The van der Waals surface area contributed by atoms with Crippen LogP contribution in [0.15, 0.2) is 64.1 Å². The first-order valence-corrected chi connectivity index (χ1v) is 9.06. The summed E-state index contributed by atoms with van der Waals surface area (Å²) in [5.41, 5.74) is 3.14. The number of aromatic amines is 1. The predicted molar refractivity (Wildman–Crippen MR) is 101 cm³/mol. The van der Waals surface area contributed by atoms with Gasteiger partial charge >= 0.3 is 0 Å². The molecular formula is C19H16N4O2S. The van der Waals surface area contributed by atoms with Gasteiger partial charge in [0.2, 0.25) is 0 Å². The lowest BCUT2D eigenvalue weighted by Gasteiger charge is -2.09. The van der Waals surface area contributed by atoms with E-state index in [2.05, 4.69) is 20.7 Å². The average Bonchev–Trinajstić information content (AvgIpc) is 3.28. The van der Waals surface area contributed by atoms with Crippen molar-refractivity contribution in [3.05, 3.63) is 71.7 Å². The summed E-state index contributed by atoms with van der Waals surface area (Å²) in [6, 6.07) is 15.1. The SMILES string of the molecule is Cc1cc(CSc2ccccc2C(=O)Nc2ccc3[nH]ncc3c2)on1. The number of carbonyl (C=O) groups excluding carboxylic acids is 1. The molecule has 0 aliphatic carbocycles. The maximum absolute atomic E-state index is 12.7. The molecule has 2 heterocycles. The van der Waals surface area contributed by atoms with Crippen LogP contribution in [0.25, 0.3) is 10.9 Å². The molecule has 0 radical (unpaired) electrons. The van der Waals surface area contributed by atoms with Crippen molar-refractivity contribution < 1.29 is 9.32 Å². The number of nitrogens with one attached hydrogen (secondary N) is 2. The maximum atomic E-state index is 12.7. The van der Waals surface area contributed by atoms with E-state index in [9.17, 15) is 4.79 Å². The fourth-order valence-corrected chi connectivity index (χ4v) is 3.56. The number of hydrogen-bond donors (Lipinski definition) is 2. The Morgan fingerprint density at radius 3 is 2.96 bits per heavy atom. The lowest BCUT2D eigenvalue weighted by molar-refractivity contribution is 0.102. The number of nitrogens with zero attached hydrogens (tertiary/aromatic N) is 2. The van der Waals surface area contributed by atoms with E-state index in [4.69, 9.17) is 4.52 Å². The van der Waals surface area contributed by atoms with Crippen LogP contribution in [0.1, 0.15) is 21.8 Å². The van der Waals surface area contributed by atoms with Crippen molar-refractivity contribution in [3.8, 4) is 0 Å². The number of thioether (sulfide) groups is 1. The maximum Gasteiger partial charge on any atom is 0.256 e. The van der Waals surface area contributed by atoms with Gasteiger partial charge in [0, 0.05) is 22.0 Å². The van der Waals surface area contributed by atoms with Crippen LogP contribution in [-0.2, 0) is 5.75 Å². The van der Waals surface area contributed by atoms with E-state index in [-0.39, 0.29) is 5.91 Å². The molecule has 1 amide bonds. The highest BCUT2D eigenvalue weighted by atomic mass is 32.2. The molecule has 0 aliphatic rings. The minimum atomic E-state index is -0.148. The van der Waals surface area contributed by atoms with Gasteiger partial charge in [-0.1, -0.05) is 17.3 Å². The fourth-order valence-electron chi connectivity index (χ4n) is 2.63. The summed E-state index contributed by atoms with van der Waals surface area (Å²) >= 11 is 1.55. The molecule has 2 N–H and O–H groups in total. The number of hydrogen-bond acceptors (Lipinski definition) is 5. The molecule has 0 saturated carbocycles. The number of fused-ring (bicyclic) bond motifs is 1. The Kier molecular flexibility index (Phi) is 4.45. The third kappa shape index (κ3) is 3.48. The molecule has 2 aromatic heterocycles. The Bertz CT molecular complexity index is 1070. The number of carbonyl (C=O) groups is 1. The molecule has 0 fully saturated rings. The highest BCUT2D eigenvalue weighted by Gasteiger charge is 2.13. The van der Waals surface area contributed by atoms with Crippen LogP contribution >= 0.6 is 11.8 Å². The summed E-state index contributed by atoms with van der Waals surface area (Å²) in [4.78, 5) is 13.6. The Morgan fingerprint density at radius 2 is 2.12 bits per heavy atom. The van der Waals surface area contributed by atoms with Crippen molar-refractivity contribution in [3.63, 3.8) is 0 Å². The number of rotatable bonds is 5. The molecule has 0 bridgehead atoms. The summed E-state index contributed by atoms with van der Waals surface area (Å²) in [7, 11) is 0. The molecule has 26 heavy (non-hydrogen) atoms. The zero-order chi connectivity index (χ0) is 17.9. The first-order valence-electron chi connectivity index (χ1n) is 8.07. The minimum Gasteiger partial charge on any atom is -0.360 e. The van der Waals surface area contributed by atoms with Crippen molar-refractivity contribution >= 4 is 34.3 Å². The standard InChI is InChI=1S/C19H16N4O2S/c1-12-8-15(25-23-12)11-26-18-5-3-2-4-16(18)19(24)21-14-6-7-17-13(9-14)10-20-22-17/h2-10H,11H2,1H3,(H,20,22)(H,21,24). The summed E-state index contributed by atoms with van der Waals surface area (Å²) in [6.07, 6.45) is 1.73. The third-order valence-corrected chi connectivity index (χ3v) is 4.97. The van der Waals surface area contributed by atoms with Crippen LogP contribution in [-0.4, -0.2) is 21.3 Å². The van der Waals surface area contributed by atoms with Gasteiger partial charge in [-0.2, -0.15) is 5.10 Å². The second-order valence-electron chi connectivity index (χ2n) is 5.85. The molecule has 0 saturated heterocycles. The zero-order valence-corrected chi connectivity index (χ0v) is 14.8. The highest BCUT2D eigenvalue weighted by molar-refractivity contribution is 7.98. The van der Waals surface area contributed by atoms with Gasteiger partial charge < -0.3 is 9.84 Å². The molecule has 7 heteroatoms. The first-order chi connectivity index (χ1) is 12.7. The second-order valence-corrected chi connectivity index (χ2v) is 6.86. The van der Waals surface area contributed by atoms with E-state index >= 15 is 0 Å². The average molecular weight is 364 g/mol. The topological polar surface area (TPSA) is 83.8 Å². The zero-order valence-electron chi connectivity index (χ0n) is 14.0. The number of H-pyrrole nitrogens is 1. The number of aromatic nitrogens is 3. The minimum absolute atomic E-state index is 0.148. The van der Waals surface area contributed by atoms with Crippen LogP contribution in [0.4, 0.5) is 5.69 Å². The number of anilines is 1. The van der Waals surface area contributed by atoms with E-state index in [0.29, 0.717) is 11.3 Å². The van der Waals surface area contributed by atoms with E-state index in [1.165, 1.54) is 0 Å². The van der Waals surface area contributed by atoms with Gasteiger partial charge in [0.15, 0.2) is 0 Å². The van der Waals surface area contributed by atoms with Gasteiger partial charge in [0.1, 0.15) is 5.76 Å². The number of benzene rings is 2. The van der Waals surface area contributed by atoms with Crippen LogP contribution in [0.2, 0.25) is 0 Å². The molecule has 6 nitrogen and oxygen atoms in total. The smallest absolute Gasteiger partial charge is 0.256 e. The van der Waals surface area contributed by atoms with Crippen LogP contribution in [0, 0.1) is 6.92 Å². The van der Waals surface area contributed by atoms with Gasteiger partial charge in [-0.05, 0) is 37.3 Å². The molecule has 4 rings (SSSR count). The quantitative estimate of drug-likeness (QED) is 0.513. The van der Waals surface area contributed by atoms with E-state index in [0.717, 1.165) is 32.9 Å². The molecular weight excluding hydrogens is 348 g/mol. The molecule has 130 valence electrons. The molecule has 0 unspecified atom stereocenters. The van der Waals surface area contributed by atoms with Crippen LogP contribution in [0.3, 0.4) is 0 Å². The lowest BCUT2D eigenvalue weighted by atomic mass is 10.2. The van der Waals surface area contributed by atoms with E-state index in [1.54, 1.807) is 18.0 Å². The Balaban J connectivity index is 1.51. The largest absolute Gasteiger partial charge is 0.360 e. The van der Waals surface area contributed by atoms with Crippen molar-refractivity contribution in [2.24, 2.45) is 0 Å². The van der Waals surface area contributed by atoms with Gasteiger partial charge in [-0.3, -0.25) is 9.89 Å². The molecule has 0 atom stereocenters. The predicted octanol–water partition coefficient (Wildman–Crippen LogP) is 4.40. The fraction of sp³-hybridized carbons (Fsp3) is 0.105. The van der Waals surface area contributed by atoms with E-state index < -0.39 is 0 Å². The molecule has 0 spiro atoms. The van der Waals surface area contributed by atoms with Gasteiger partial charge in [-0.25, -0.2) is 0 Å². The van der Waals surface area contributed by atoms with Gasteiger partial charge in [-0.15, -0.1) is 11.8 Å². The lowest BCUT2D eigenvalue weighted by Crippen LogP contribution is -2.12. The van der Waals surface area contributed by atoms with Crippen molar-refractivity contribution in [1.29, 1.82) is 0 Å². The van der Waals surface area contributed by atoms with Gasteiger partial charge in [0.25, 0.3) is 5.91 Å². The van der Waals surface area contributed by atoms with Crippen molar-refractivity contribution in [1.82, 2.24) is 15.4 Å². The molecule has 4 aromatic rings. The normalized spacial score (nSPS) is 11.0. The van der Waals surface area contributed by atoms with Crippen molar-refractivity contribution in [2.45, 2.75) is 17.6 Å². The summed E-state index contributed by atoms with van der Waals surface area (Å²) in [5, 5.41) is 14.7. The number of amides is 1. The van der Waals surface area contributed by atoms with Gasteiger partial charge in [0.05, 0.1) is 28.7 Å². The Morgan fingerprint density at radius 1 is 1.23 bits per heavy atom. The monoisotopic (exact) mass is 364 g/mol. The Hall–Kier alpha value is -3.06. The summed E-state index contributed by atoms with van der Waals surface area (Å²) in [5.74, 6) is 1.25. The first kappa shape index (κ1) is 16.4. The van der Waals surface area contributed by atoms with E-state index in [1.807, 2.05) is 55.5 Å². The molecule has 2 aromatic carbocycles. The summed E-state index contributed by atoms with van der Waals surface area (Å²) < 4.78 is 5.23. The Labute approximate surface area is 154 Å². The molecule has 0 aliphatic heterocycles. The van der Waals surface area contributed by atoms with Crippen LogP contribution < -0.4 is 5.32 Å². The van der Waals surface area contributed by atoms with Crippen molar-refractivity contribution in [2.75, 3.05) is 5.32 Å². The second kappa shape index (κ2) is 7.05. The van der Waals surface area contributed by atoms with Crippen LogP contribution in [0.5, 0.6) is 0 Å². The highest BCUT2D eigenvalue weighted by Crippen LogP contribution is 2.27. The third-order valence-electron chi connectivity index (χ3n) is 3.88. The number of aryl methyl sites for hydroxylation is 1. The summed E-state index contributed by atoms with van der Waals surface area (Å²) in [6.45, 7) is 1.88.